The van der Waals surface area contributed by atoms with E-state index in [-0.39, 0.29) is 22.2 Å². The third-order valence-corrected chi connectivity index (χ3v) is 4.59. The predicted molar refractivity (Wildman–Crippen MR) is 103 cm³/mol. The molecule has 1 N–H and O–H groups in total. The molecule has 3 rings (SSSR count). The molecule has 0 saturated heterocycles. The summed E-state index contributed by atoms with van der Waals surface area (Å²) in [5.74, 6) is -0.722. The average Bonchev–Trinajstić information content (AvgIpc) is 2.64. The summed E-state index contributed by atoms with van der Waals surface area (Å²) in [6, 6.07) is 9.20. The highest BCUT2D eigenvalue weighted by Gasteiger charge is 2.23. The molecule has 0 spiro atoms. The molecule has 0 unspecified atom stereocenters. The summed E-state index contributed by atoms with van der Waals surface area (Å²) in [4.78, 5) is 28.3. The topological polar surface area (TPSA) is 81.4 Å². The van der Waals surface area contributed by atoms with Crippen LogP contribution in [-0.4, -0.2) is 20.6 Å². The van der Waals surface area contributed by atoms with E-state index in [0.717, 1.165) is 6.07 Å². The Morgan fingerprint density at radius 1 is 1.22 bits per heavy atom. The van der Waals surface area contributed by atoms with E-state index >= 15 is 0 Å². The number of hydrogen-bond acceptors (Lipinski definition) is 4. The van der Waals surface area contributed by atoms with Crippen LogP contribution in [0.5, 0.6) is 11.6 Å². The SMILES string of the molecule is CCn1c(Oc2cccnc2)cc(=O)c(C(=O)O)c1-c1ccc(Cl)c(Cl)c1. The van der Waals surface area contributed by atoms with Crippen molar-refractivity contribution in [3.8, 4) is 22.9 Å². The van der Waals surface area contributed by atoms with Crippen LogP contribution in [0.15, 0.2) is 53.6 Å². The Kier molecular flexibility index (Phi) is 5.48. The molecule has 138 valence electrons. The number of halogens is 2. The van der Waals surface area contributed by atoms with Gasteiger partial charge in [0.2, 0.25) is 11.3 Å². The molecule has 0 aliphatic carbocycles. The zero-order valence-electron chi connectivity index (χ0n) is 14.1. The zero-order chi connectivity index (χ0) is 19.6. The van der Waals surface area contributed by atoms with Crippen molar-refractivity contribution in [3.63, 3.8) is 0 Å². The number of ether oxygens (including phenoxy) is 1. The number of nitrogens with zero attached hydrogens (tertiary/aromatic N) is 2. The number of pyridine rings is 2. The monoisotopic (exact) mass is 404 g/mol. The van der Waals surface area contributed by atoms with E-state index in [0.29, 0.717) is 22.9 Å². The molecule has 0 bridgehead atoms. The van der Waals surface area contributed by atoms with Crippen LogP contribution in [0.2, 0.25) is 10.0 Å². The van der Waals surface area contributed by atoms with Gasteiger partial charge in [0.15, 0.2) is 0 Å². The van der Waals surface area contributed by atoms with Gasteiger partial charge in [0.25, 0.3) is 0 Å². The molecule has 0 aliphatic heterocycles. The molecule has 0 amide bonds. The lowest BCUT2D eigenvalue weighted by Gasteiger charge is -2.19. The molecule has 3 aromatic rings. The Labute approximate surface area is 164 Å². The van der Waals surface area contributed by atoms with Crippen molar-refractivity contribution < 1.29 is 14.6 Å². The fourth-order valence-corrected chi connectivity index (χ4v) is 3.00. The lowest BCUT2D eigenvalue weighted by Crippen LogP contribution is -2.21. The summed E-state index contributed by atoms with van der Waals surface area (Å²) in [7, 11) is 0. The Hall–Kier alpha value is -2.83. The van der Waals surface area contributed by atoms with E-state index in [4.69, 9.17) is 27.9 Å². The van der Waals surface area contributed by atoms with Gasteiger partial charge >= 0.3 is 5.97 Å². The molecule has 0 saturated carbocycles. The van der Waals surface area contributed by atoms with Crippen molar-refractivity contribution in [2.24, 2.45) is 0 Å². The highest BCUT2D eigenvalue weighted by atomic mass is 35.5. The Morgan fingerprint density at radius 3 is 2.59 bits per heavy atom. The average molecular weight is 405 g/mol. The van der Waals surface area contributed by atoms with E-state index in [1.165, 1.54) is 12.3 Å². The summed E-state index contributed by atoms with van der Waals surface area (Å²) < 4.78 is 7.38. The number of benzene rings is 1. The fraction of sp³-hybridized carbons (Fsp3) is 0.105. The maximum absolute atomic E-state index is 12.5. The standard InChI is InChI=1S/C19H14Cl2N2O4/c1-2-23-16(27-12-4-3-7-22-10-12)9-15(24)17(19(25)26)18(23)11-5-6-13(20)14(21)8-11/h3-10H,2H2,1H3,(H,25,26). The van der Waals surface area contributed by atoms with Gasteiger partial charge in [0.1, 0.15) is 11.3 Å². The van der Waals surface area contributed by atoms with Crippen LogP contribution in [0.25, 0.3) is 11.3 Å². The molecule has 8 heteroatoms. The molecule has 6 nitrogen and oxygen atoms in total. The van der Waals surface area contributed by atoms with E-state index in [9.17, 15) is 14.7 Å². The van der Waals surface area contributed by atoms with Gasteiger partial charge < -0.3 is 14.4 Å². The maximum Gasteiger partial charge on any atom is 0.341 e. The van der Waals surface area contributed by atoms with Gasteiger partial charge in [0.05, 0.1) is 21.9 Å². The van der Waals surface area contributed by atoms with Crippen LogP contribution < -0.4 is 10.2 Å². The Morgan fingerprint density at radius 2 is 2.00 bits per heavy atom. The Balaban J connectivity index is 2.29. The summed E-state index contributed by atoms with van der Waals surface area (Å²) in [6.45, 7) is 2.17. The van der Waals surface area contributed by atoms with E-state index in [1.54, 1.807) is 35.0 Å². The first-order chi connectivity index (χ1) is 12.9. The van der Waals surface area contributed by atoms with Gasteiger partial charge in [-0.25, -0.2) is 4.79 Å². The largest absolute Gasteiger partial charge is 0.477 e. The number of carboxylic acid groups (broad SMARTS) is 1. The summed E-state index contributed by atoms with van der Waals surface area (Å²) in [6.07, 6.45) is 3.09. The second kappa shape index (κ2) is 7.82. The normalized spacial score (nSPS) is 10.6. The molecular formula is C19H14Cl2N2O4. The molecule has 2 aromatic heterocycles. The number of aromatic nitrogens is 2. The van der Waals surface area contributed by atoms with Crippen LogP contribution in [0.3, 0.4) is 0 Å². The smallest absolute Gasteiger partial charge is 0.341 e. The van der Waals surface area contributed by atoms with Gasteiger partial charge in [-0.2, -0.15) is 0 Å². The lowest BCUT2D eigenvalue weighted by molar-refractivity contribution is 0.0695. The van der Waals surface area contributed by atoms with Crippen LogP contribution in [0, 0.1) is 0 Å². The van der Waals surface area contributed by atoms with Crippen molar-refractivity contribution in [1.82, 2.24) is 9.55 Å². The highest BCUT2D eigenvalue weighted by Crippen LogP contribution is 2.32. The number of hydrogen-bond donors (Lipinski definition) is 1. The van der Waals surface area contributed by atoms with Crippen molar-refractivity contribution >= 4 is 29.2 Å². The van der Waals surface area contributed by atoms with Crippen LogP contribution in [0.4, 0.5) is 0 Å². The molecule has 0 aliphatic rings. The number of aromatic carboxylic acids is 1. The van der Waals surface area contributed by atoms with Gasteiger partial charge in [-0.1, -0.05) is 29.3 Å². The van der Waals surface area contributed by atoms with E-state index < -0.39 is 11.4 Å². The first kappa shape index (κ1) is 18.9. The van der Waals surface area contributed by atoms with Gasteiger partial charge in [0, 0.05) is 24.4 Å². The first-order valence-electron chi connectivity index (χ1n) is 7.96. The summed E-state index contributed by atoms with van der Waals surface area (Å²) >= 11 is 12.1. The van der Waals surface area contributed by atoms with Crippen LogP contribution in [0.1, 0.15) is 17.3 Å². The minimum Gasteiger partial charge on any atom is -0.477 e. The van der Waals surface area contributed by atoms with E-state index in [1.807, 2.05) is 6.92 Å². The van der Waals surface area contributed by atoms with Crippen molar-refractivity contribution in [1.29, 1.82) is 0 Å². The van der Waals surface area contributed by atoms with Crippen LogP contribution >= 0.6 is 23.2 Å². The molecule has 27 heavy (non-hydrogen) atoms. The first-order valence-corrected chi connectivity index (χ1v) is 8.72. The third-order valence-electron chi connectivity index (χ3n) is 3.85. The minimum absolute atomic E-state index is 0.190. The summed E-state index contributed by atoms with van der Waals surface area (Å²) in [5, 5.41) is 10.2. The second-order valence-corrected chi connectivity index (χ2v) is 6.35. The maximum atomic E-state index is 12.5. The third kappa shape index (κ3) is 3.82. The molecular weight excluding hydrogens is 391 g/mol. The predicted octanol–water partition coefficient (Wildman–Crippen LogP) is 4.73. The van der Waals surface area contributed by atoms with Crippen molar-refractivity contribution in [2.45, 2.75) is 13.5 Å². The number of carboxylic acids is 1. The van der Waals surface area contributed by atoms with Gasteiger partial charge in [-0.15, -0.1) is 0 Å². The van der Waals surface area contributed by atoms with Gasteiger partial charge in [-0.3, -0.25) is 9.78 Å². The number of carbonyl (C=O) groups is 1. The fourth-order valence-electron chi connectivity index (χ4n) is 2.70. The molecule has 2 heterocycles. The highest BCUT2D eigenvalue weighted by molar-refractivity contribution is 6.42. The molecule has 0 radical (unpaired) electrons. The minimum atomic E-state index is -1.34. The van der Waals surface area contributed by atoms with Crippen LogP contribution in [-0.2, 0) is 6.54 Å². The van der Waals surface area contributed by atoms with Crippen molar-refractivity contribution in [3.05, 3.63) is 74.6 Å². The zero-order valence-corrected chi connectivity index (χ0v) is 15.7. The second-order valence-electron chi connectivity index (χ2n) is 5.54. The van der Waals surface area contributed by atoms with E-state index in [2.05, 4.69) is 4.98 Å². The molecule has 1 aromatic carbocycles. The lowest BCUT2D eigenvalue weighted by atomic mass is 10.0. The van der Waals surface area contributed by atoms with Crippen molar-refractivity contribution in [2.75, 3.05) is 0 Å². The quantitative estimate of drug-likeness (QED) is 0.664. The Bertz CT molecular complexity index is 1070. The number of rotatable bonds is 5. The van der Waals surface area contributed by atoms with Gasteiger partial charge in [-0.05, 0) is 31.2 Å². The molecule has 0 fully saturated rings. The summed E-state index contributed by atoms with van der Waals surface area (Å²) in [5.41, 5.74) is -0.409. The molecule has 0 atom stereocenters.